The van der Waals surface area contributed by atoms with Gasteiger partial charge in [-0.1, -0.05) is 0 Å². The van der Waals surface area contributed by atoms with Gasteiger partial charge in [-0.2, -0.15) is 0 Å². The molecular weight excluding hydrogens is 222 g/mol. The zero-order chi connectivity index (χ0) is 12.8. The molecule has 0 aliphatic heterocycles. The minimum absolute atomic E-state index is 0.0224. The molecule has 92 valence electrons. The molecule has 0 aliphatic rings. The van der Waals surface area contributed by atoms with Crippen LogP contribution in [-0.4, -0.2) is 35.9 Å². The lowest BCUT2D eigenvalue weighted by Gasteiger charge is -2.15. The third-order valence-corrected chi connectivity index (χ3v) is 2.42. The van der Waals surface area contributed by atoms with E-state index in [9.17, 15) is 14.9 Å². The molecular formula is C11H15N3O3. The Bertz CT molecular complexity index is 403. The second-order valence-corrected chi connectivity index (χ2v) is 3.57. The summed E-state index contributed by atoms with van der Waals surface area (Å²) in [7, 11) is 1.72. The van der Waals surface area contributed by atoms with Gasteiger partial charge in [0.2, 0.25) is 5.91 Å². The molecule has 0 unspecified atom stereocenters. The molecule has 0 aromatic heterocycles. The number of nitrogens with zero attached hydrogens (tertiary/aromatic N) is 2. The summed E-state index contributed by atoms with van der Waals surface area (Å²) in [6, 6.07) is 5.96. The zero-order valence-electron chi connectivity index (χ0n) is 9.84. The maximum absolute atomic E-state index is 11.5. The SMILES string of the molecule is CCN(C)C(=O)CNc1ccc([N+](=O)[O-])cc1. The normalized spacial score (nSPS) is 9.76. The molecule has 0 heterocycles. The van der Waals surface area contributed by atoms with Crippen LogP contribution in [0.3, 0.4) is 0 Å². The highest BCUT2D eigenvalue weighted by molar-refractivity contribution is 5.80. The summed E-state index contributed by atoms with van der Waals surface area (Å²) in [6.45, 7) is 2.73. The molecule has 1 aromatic carbocycles. The van der Waals surface area contributed by atoms with Crippen LogP contribution >= 0.6 is 0 Å². The monoisotopic (exact) mass is 237 g/mol. The Balaban J connectivity index is 2.53. The molecule has 0 fully saturated rings. The van der Waals surface area contributed by atoms with Crippen molar-refractivity contribution in [3.05, 3.63) is 34.4 Å². The number of amides is 1. The summed E-state index contributed by atoms with van der Waals surface area (Å²) in [5.41, 5.74) is 0.723. The van der Waals surface area contributed by atoms with Crippen LogP contribution < -0.4 is 5.32 Å². The van der Waals surface area contributed by atoms with Crippen LogP contribution in [0.15, 0.2) is 24.3 Å². The lowest BCUT2D eigenvalue weighted by Crippen LogP contribution is -2.31. The van der Waals surface area contributed by atoms with E-state index in [-0.39, 0.29) is 18.1 Å². The van der Waals surface area contributed by atoms with Gasteiger partial charge in [0, 0.05) is 31.4 Å². The number of carbonyl (C=O) groups is 1. The van der Waals surface area contributed by atoms with Gasteiger partial charge in [-0.05, 0) is 19.1 Å². The van der Waals surface area contributed by atoms with Crippen LogP contribution in [0.5, 0.6) is 0 Å². The van der Waals surface area contributed by atoms with Gasteiger partial charge in [0.05, 0.1) is 11.5 Å². The van der Waals surface area contributed by atoms with E-state index in [1.165, 1.54) is 12.1 Å². The standard InChI is InChI=1S/C11H15N3O3/c1-3-13(2)11(15)8-12-9-4-6-10(7-5-9)14(16)17/h4-7,12H,3,8H2,1-2H3. The lowest BCUT2D eigenvalue weighted by molar-refractivity contribution is -0.384. The van der Waals surface area contributed by atoms with E-state index >= 15 is 0 Å². The van der Waals surface area contributed by atoms with Crippen molar-refractivity contribution in [3.63, 3.8) is 0 Å². The van der Waals surface area contributed by atoms with Crippen molar-refractivity contribution in [3.8, 4) is 0 Å². The Hall–Kier alpha value is -2.11. The van der Waals surface area contributed by atoms with E-state index in [4.69, 9.17) is 0 Å². The molecule has 0 atom stereocenters. The average molecular weight is 237 g/mol. The molecule has 0 aliphatic carbocycles. The van der Waals surface area contributed by atoms with E-state index in [0.29, 0.717) is 12.2 Å². The molecule has 6 heteroatoms. The predicted octanol–water partition coefficient (Wildman–Crippen LogP) is 1.48. The van der Waals surface area contributed by atoms with Crippen molar-refractivity contribution in [1.82, 2.24) is 4.90 Å². The van der Waals surface area contributed by atoms with E-state index in [0.717, 1.165) is 0 Å². The smallest absolute Gasteiger partial charge is 0.269 e. The highest BCUT2D eigenvalue weighted by Crippen LogP contribution is 2.14. The molecule has 1 aromatic rings. The number of likely N-dealkylation sites (N-methyl/N-ethyl adjacent to an activating group) is 1. The summed E-state index contributed by atoms with van der Waals surface area (Å²) >= 11 is 0. The molecule has 1 rings (SSSR count). The highest BCUT2D eigenvalue weighted by atomic mass is 16.6. The summed E-state index contributed by atoms with van der Waals surface area (Å²) in [5, 5.41) is 13.3. The number of rotatable bonds is 5. The van der Waals surface area contributed by atoms with Crippen molar-refractivity contribution < 1.29 is 9.72 Å². The average Bonchev–Trinajstić information content (AvgIpc) is 2.35. The van der Waals surface area contributed by atoms with Gasteiger partial charge in [-0.15, -0.1) is 0 Å². The first-order valence-electron chi connectivity index (χ1n) is 5.27. The number of nitro benzene ring substituents is 1. The fraction of sp³-hybridized carbons (Fsp3) is 0.364. The first-order valence-corrected chi connectivity index (χ1v) is 5.27. The quantitative estimate of drug-likeness (QED) is 0.621. The van der Waals surface area contributed by atoms with Crippen LogP contribution in [0.25, 0.3) is 0 Å². The largest absolute Gasteiger partial charge is 0.376 e. The van der Waals surface area contributed by atoms with Crippen molar-refractivity contribution in [1.29, 1.82) is 0 Å². The minimum atomic E-state index is -0.459. The van der Waals surface area contributed by atoms with Crippen molar-refractivity contribution in [2.24, 2.45) is 0 Å². The van der Waals surface area contributed by atoms with Crippen LogP contribution in [0.1, 0.15) is 6.92 Å². The van der Waals surface area contributed by atoms with Crippen LogP contribution in [0.2, 0.25) is 0 Å². The van der Waals surface area contributed by atoms with E-state index in [2.05, 4.69) is 5.32 Å². The van der Waals surface area contributed by atoms with Crippen LogP contribution in [0, 0.1) is 10.1 Å². The van der Waals surface area contributed by atoms with Crippen molar-refractivity contribution in [2.45, 2.75) is 6.92 Å². The number of carbonyl (C=O) groups excluding carboxylic acids is 1. The molecule has 17 heavy (non-hydrogen) atoms. The summed E-state index contributed by atoms with van der Waals surface area (Å²) in [4.78, 5) is 23.0. The molecule has 6 nitrogen and oxygen atoms in total. The first-order chi connectivity index (χ1) is 8.04. The van der Waals surface area contributed by atoms with Gasteiger partial charge in [-0.3, -0.25) is 14.9 Å². The molecule has 1 amide bonds. The van der Waals surface area contributed by atoms with Crippen LogP contribution in [0.4, 0.5) is 11.4 Å². The Kier molecular flexibility index (Phi) is 4.45. The predicted molar refractivity (Wildman–Crippen MR) is 64.9 cm³/mol. The second-order valence-electron chi connectivity index (χ2n) is 3.57. The number of benzene rings is 1. The molecule has 0 spiro atoms. The molecule has 0 saturated heterocycles. The first kappa shape index (κ1) is 13.0. The van der Waals surface area contributed by atoms with Crippen molar-refractivity contribution >= 4 is 17.3 Å². The van der Waals surface area contributed by atoms with E-state index in [1.807, 2.05) is 6.92 Å². The van der Waals surface area contributed by atoms with Gasteiger partial charge in [0.15, 0.2) is 0 Å². The number of non-ortho nitro benzene ring substituents is 1. The maximum Gasteiger partial charge on any atom is 0.269 e. The maximum atomic E-state index is 11.5. The highest BCUT2D eigenvalue weighted by Gasteiger charge is 2.07. The Morgan fingerprint density at radius 3 is 2.47 bits per heavy atom. The van der Waals surface area contributed by atoms with Gasteiger partial charge in [0.25, 0.3) is 5.69 Å². The number of nitro groups is 1. The molecule has 1 N–H and O–H groups in total. The number of hydrogen-bond donors (Lipinski definition) is 1. The van der Waals surface area contributed by atoms with Crippen LogP contribution in [-0.2, 0) is 4.79 Å². The fourth-order valence-electron chi connectivity index (χ4n) is 1.19. The van der Waals surface area contributed by atoms with Gasteiger partial charge >= 0.3 is 0 Å². The van der Waals surface area contributed by atoms with Gasteiger partial charge < -0.3 is 10.2 Å². The third-order valence-electron chi connectivity index (χ3n) is 2.42. The van der Waals surface area contributed by atoms with E-state index in [1.54, 1.807) is 24.1 Å². The molecule has 0 saturated carbocycles. The Morgan fingerprint density at radius 1 is 1.41 bits per heavy atom. The Morgan fingerprint density at radius 2 is 2.00 bits per heavy atom. The number of nitrogens with one attached hydrogen (secondary N) is 1. The third kappa shape index (κ3) is 3.75. The fourth-order valence-corrected chi connectivity index (χ4v) is 1.19. The number of hydrogen-bond acceptors (Lipinski definition) is 4. The summed E-state index contributed by atoms with van der Waals surface area (Å²) < 4.78 is 0. The topological polar surface area (TPSA) is 75.5 Å². The molecule has 0 bridgehead atoms. The lowest BCUT2D eigenvalue weighted by atomic mass is 10.3. The minimum Gasteiger partial charge on any atom is -0.376 e. The molecule has 0 radical (unpaired) electrons. The summed E-state index contributed by atoms with van der Waals surface area (Å²) in [5.74, 6) is -0.0224. The second kappa shape index (κ2) is 5.83. The van der Waals surface area contributed by atoms with Crippen molar-refractivity contribution in [2.75, 3.05) is 25.5 Å². The van der Waals surface area contributed by atoms with E-state index < -0.39 is 4.92 Å². The summed E-state index contributed by atoms with van der Waals surface area (Å²) in [6.07, 6.45) is 0. The Labute approximate surface area is 99.4 Å². The number of anilines is 1. The zero-order valence-corrected chi connectivity index (χ0v) is 9.84. The van der Waals surface area contributed by atoms with Gasteiger partial charge in [-0.25, -0.2) is 0 Å². The van der Waals surface area contributed by atoms with Gasteiger partial charge in [0.1, 0.15) is 0 Å².